The van der Waals surface area contributed by atoms with E-state index in [0.717, 1.165) is 30.5 Å². The van der Waals surface area contributed by atoms with Crippen LogP contribution < -0.4 is 5.32 Å². The third-order valence-corrected chi connectivity index (χ3v) is 4.85. The molecule has 0 spiro atoms. The summed E-state index contributed by atoms with van der Waals surface area (Å²) in [6.45, 7) is 5.00. The van der Waals surface area contributed by atoms with Crippen LogP contribution in [0.3, 0.4) is 0 Å². The summed E-state index contributed by atoms with van der Waals surface area (Å²) < 4.78 is 0. The smallest absolute Gasteiger partial charge is 0.0818 e. The molecule has 1 aliphatic rings. The number of benzene rings is 2. The molecular formula is C22H29NOY-2. The first kappa shape index (κ1) is 22.3. The van der Waals surface area contributed by atoms with E-state index in [1.807, 2.05) is 30.3 Å². The molecule has 133 valence electrons. The van der Waals surface area contributed by atoms with Gasteiger partial charge >= 0.3 is 0 Å². The van der Waals surface area contributed by atoms with Gasteiger partial charge in [0.25, 0.3) is 0 Å². The monoisotopic (exact) mass is 412 g/mol. The van der Waals surface area contributed by atoms with Crippen molar-refractivity contribution in [2.24, 2.45) is 11.8 Å². The number of nitrogens with one attached hydrogen (secondary N) is 1. The Hall–Kier alpha value is -0.696. The average molecular weight is 412 g/mol. The second-order valence-electron chi connectivity index (χ2n) is 6.37. The molecule has 25 heavy (non-hydrogen) atoms. The van der Waals surface area contributed by atoms with Crippen LogP contribution in [0.25, 0.3) is 0 Å². The molecule has 0 bridgehead atoms. The zero-order valence-corrected chi connectivity index (χ0v) is 18.0. The van der Waals surface area contributed by atoms with Gasteiger partial charge in [0.05, 0.1) is 6.10 Å². The van der Waals surface area contributed by atoms with Crippen molar-refractivity contribution in [2.45, 2.75) is 38.7 Å². The van der Waals surface area contributed by atoms with Crippen LogP contribution >= 0.6 is 0 Å². The average Bonchev–Trinajstić information content (AvgIpc) is 3.12. The Bertz CT molecular complexity index is 585. The van der Waals surface area contributed by atoms with Gasteiger partial charge in [0.15, 0.2) is 0 Å². The van der Waals surface area contributed by atoms with Gasteiger partial charge < -0.3 is 17.3 Å². The fourth-order valence-corrected chi connectivity index (χ4v) is 3.60. The van der Waals surface area contributed by atoms with Crippen molar-refractivity contribution >= 4 is 5.69 Å². The summed E-state index contributed by atoms with van der Waals surface area (Å²) >= 11 is 0. The number of aliphatic hydroxyl groups excluding tert-OH is 1. The fourth-order valence-electron chi connectivity index (χ4n) is 3.60. The minimum atomic E-state index is -0.316. The predicted octanol–water partition coefficient (Wildman–Crippen LogP) is 5.42. The van der Waals surface area contributed by atoms with E-state index < -0.39 is 0 Å². The molecule has 3 heteroatoms. The van der Waals surface area contributed by atoms with E-state index >= 15 is 0 Å². The van der Waals surface area contributed by atoms with Crippen LogP contribution in [0.4, 0.5) is 5.69 Å². The van der Waals surface area contributed by atoms with Crippen LogP contribution in [0.2, 0.25) is 0 Å². The summed E-state index contributed by atoms with van der Waals surface area (Å²) in [7, 11) is 3.67. The second-order valence-corrected chi connectivity index (χ2v) is 6.37. The van der Waals surface area contributed by atoms with Crippen LogP contribution in [0, 0.1) is 25.8 Å². The molecular weight excluding hydrogens is 383 g/mol. The van der Waals surface area contributed by atoms with E-state index in [9.17, 15) is 5.11 Å². The maximum absolute atomic E-state index is 10.6. The van der Waals surface area contributed by atoms with Crippen LogP contribution in [0.1, 0.15) is 43.4 Å². The molecule has 0 heterocycles. The summed E-state index contributed by atoms with van der Waals surface area (Å²) in [4.78, 5) is 0. The van der Waals surface area contributed by atoms with E-state index in [-0.39, 0.29) is 38.8 Å². The fraction of sp³-hybridized carbons (Fsp3) is 0.364. The summed E-state index contributed by atoms with van der Waals surface area (Å²) in [5.74, 6) is 1.08. The molecule has 2 aromatic carbocycles. The summed E-state index contributed by atoms with van der Waals surface area (Å²) in [6, 6.07) is 18.6. The number of hydrogen-bond acceptors (Lipinski definition) is 2. The van der Waals surface area contributed by atoms with Crippen molar-refractivity contribution in [3.05, 3.63) is 79.7 Å². The molecule has 0 aromatic heterocycles. The van der Waals surface area contributed by atoms with Gasteiger partial charge in [-0.25, -0.2) is 0 Å². The molecule has 0 saturated heterocycles. The largest absolute Gasteiger partial charge is 0.538 e. The summed E-state index contributed by atoms with van der Waals surface area (Å²) in [6.07, 6.45) is 4.24. The molecule has 1 saturated carbocycles. The van der Waals surface area contributed by atoms with Crippen molar-refractivity contribution in [1.29, 1.82) is 0 Å². The molecule has 2 aromatic rings. The first-order valence-electron chi connectivity index (χ1n) is 8.82. The minimum absolute atomic E-state index is 0. The third-order valence-electron chi connectivity index (χ3n) is 4.85. The Kier molecular flexibility index (Phi) is 10.6. The van der Waals surface area contributed by atoms with Crippen LogP contribution in [-0.2, 0) is 39.1 Å². The van der Waals surface area contributed by atoms with E-state index in [4.69, 9.17) is 0 Å². The topological polar surface area (TPSA) is 32.3 Å². The maximum Gasteiger partial charge on any atom is 0.0818 e. The van der Waals surface area contributed by atoms with Gasteiger partial charge in [-0.2, -0.15) is 6.92 Å². The molecule has 3 unspecified atom stereocenters. The van der Waals surface area contributed by atoms with Crippen LogP contribution in [-0.4, -0.2) is 5.11 Å². The van der Waals surface area contributed by atoms with E-state index in [1.165, 1.54) is 12.0 Å². The van der Waals surface area contributed by atoms with E-state index in [1.54, 1.807) is 6.92 Å². The quantitative estimate of drug-likeness (QED) is 0.643. The van der Waals surface area contributed by atoms with Gasteiger partial charge in [0.1, 0.15) is 0 Å². The van der Waals surface area contributed by atoms with Gasteiger partial charge in [-0.3, -0.25) is 7.05 Å². The Labute approximate surface area is 178 Å². The normalized spacial score (nSPS) is 20.0. The molecule has 0 aliphatic heterocycles. The number of hydrogen-bond donors (Lipinski definition) is 2. The van der Waals surface area contributed by atoms with Gasteiger partial charge in [0, 0.05) is 38.4 Å². The summed E-state index contributed by atoms with van der Waals surface area (Å²) in [5, 5.41) is 13.5. The molecule has 0 amide bonds. The van der Waals surface area contributed by atoms with E-state index in [2.05, 4.69) is 43.6 Å². The Morgan fingerprint density at radius 1 is 1.04 bits per heavy atom. The number of rotatable bonds is 5. The molecule has 1 aliphatic carbocycles. The molecule has 1 fully saturated rings. The first-order chi connectivity index (χ1) is 11.8. The first-order valence-corrected chi connectivity index (χ1v) is 8.82. The number of aliphatic hydroxyl groups is 1. The molecule has 2 N–H and O–H groups in total. The SMILES string of the molecule is [CH2-]C.[CH2-]Nc1ccc(CC2CCC(C(O)c3ccccc3)C2)cc1.[Y]. The zero-order chi connectivity index (χ0) is 17.4. The van der Waals surface area contributed by atoms with Gasteiger partial charge in [-0.1, -0.05) is 42.5 Å². The van der Waals surface area contributed by atoms with Crippen LogP contribution in [0.15, 0.2) is 54.6 Å². The maximum atomic E-state index is 10.6. The second kappa shape index (κ2) is 11.8. The molecule has 2 nitrogen and oxygen atoms in total. The third kappa shape index (κ3) is 6.51. The summed E-state index contributed by atoms with van der Waals surface area (Å²) in [5.41, 5.74) is 3.48. The van der Waals surface area contributed by atoms with Crippen molar-refractivity contribution < 1.29 is 37.8 Å². The Morgan fingerprint density at radius 2 is 1.68 bits per heavy atom. The van der Waals surface area contributed by atoms with Crippen molar-refractivity contribution in [3.63, 3.8) is 0 Å². The standard InChI is InChI=1S/C20H24NO.C2H5.Y/c1-21-19-11-8-15(9-12-19)13-16-7-10-18(14-16)20(22)17-5-3-2-4-6-17;1-2;/h2-6,8-9,11-12,16,18,20-22H,1,7,10,13-14H2;1H2,2H3;/q2*-1;. The van der Waals surface area contributed by atoms with Gasteiger partial charge in [-0.15, -0.1) is 0 Å². The minimum Gasteiger partial charge on any atom is -0.538 e. The number of anilines is 1. The van der Waals surface area contributed by atoms with Gasteiger partial charge in [-0.05, 0) is 60.8 Å². The molecule has 3 atom stereocenters. The Morgan fingerprint density at radius 3 is 2.28 bits per heavy atom. The molecule has 1 radical (unpaired) electrons. The van der Waals surface area contributed by atoms with Crippen LogP contribution in [0.5, 0.6) is 0 Å². The van der Waals surface area contributed by atoms with Crippen molar-refractivity contribution in [2.75, 3.05) is 5.32 Å². The Balaban J connectivity index is 0.00000101. The molecule has 3 rings (SSSR count). The van der Waals surface area contributed by atoms with Crippen molar-refractivity contribution in [1.82, 2.24) is 0 Å². The zero-order valence-electron chi connectivity index (χ0n) is 15.2. The van der Waals surface area contributed by atoms with Crippen molar-refractivity contribution in [3.8, 4) is 0 Å². The van der Waals surface area contributed by atoms with Gasteiger partial charge in [0.2, 0.25) is 0 Å². The van der Waals surface area contributed by atoms with E-state index in [0.29, 0.717) is 11.8 Å². The predicted molar refractivity (Wildman–Crippen MR) is 102 cm³/mol.